The van der Waals surface area contributed by atoms with Gasteiger partial charge in [0.1, 0.15) is 0 Å². The van der Waals surface area contributed by atoms with Crippen LogP contribution in [0.2, 0.25) is 0 Å². The molecule has 0 radical (unpaired) electrons. The van der Waals surface area contributed by atoms with Crippen molar-refractivity contribution in [1.82, 2.24) is 10.6 Å². The third-order valence-electron chi connectivity index (χ3n) is 3.84. The minimum Gasteiger partial charge on any atom is -0.353 e. The van der Waals surface area contributed by atoms with Crippen LogP contribution in [0.4, 0.5) is 0 Å². The van der Waals surface area contributed by atoms with E-state index in [4.69, 9.17) is 0 Å². The molecule has 3 rings (SSSR count). The lowest BCUT2D eigenvalue weighted by atomic mass is 10.0. The summed E-state index contributed by atoms with van der Waals surface area (Å²) in [4.78, 5) is 23.8. The molecule has 0 saturated heterocycles. The fourth-order valence-electron chi connectivity index (χ4n) is 2.50. The average molecular weight is 296 g/mol. The van der Waals surface area contributed by atoms with E-state index >= 15 is 0 Å². The lowest BCUT2D eigenvalue weighted by molar-refractivity contribution is -0.121. The largest absolute Gasteiger partial charge is 0.353 e. The highest BCUT2D eigenvalue weighted by molar-refractivity contribution is 6.06. The zero-order valence-corrected chi connectivity index (χ0v) is 12.5. The van der Waals surface area contributed by atoms with E-state index < -0.39 is 0 Å². The zero-order chi connectivity index (χ0) is 15.4. The minimum absolute atomic E-state index is 0.0839. The van der Waals surface area contributed by atoms with Gasteiger partial charge in [0.05, 0.1) is 0 Å². The van der Waals surface area contributed by atoms with Gasteiger partial charge < -0.3 is 10.6 Å². The summed E-state index contributed by atoms with van der Waals surface area (Å²) in [6.45, 7) is 0.514. The second-order valence-electron chi connectivity index (χ2n) is 5.73. The molecule has 0 atom stereocenters. The van der Waals surface area contributed by atoms with Gasteiger partial charge in [-0.2, -0.15) is 0 Å². The van der Waals surface area contributed by atoms with Gasteiger partial charge in [-0.15, -0.1) is 0 Å². The number of carbonyl (C=O) groups excluding carboxylic acids is 2. The molecule has 0 heterocycles. The predicted molar refractivity (Wildman–Crippen MR) is 86.7 cm³/mol. The summed E-state index contributed by atoms with van der Waals surface area (Å²) >= 11 is 0. The average Bonchev–Trinajstić information content (AvgIpc) is 3.34. The van der Waals surface area contributed by atoms with E-state index in [1.54, 1.807) is 0 Å². The predicted octanol–water partition coefficient (Wildman–Crippen LogP) is 2.63. The van der Waals surface area contributed by atoms with Crippen LogP contribution in [0.1, 0.15) is 36.0 Å². The second kappa shape index (κ2) is 6.60. The van der Waals surface area contributed by atoms with Crippen molar-refractivity contribution in [3.05, 3.63) is 48.0 Å². The maximum absolute atomic E-state index is 12.3. The van der Waals surface area contributed by atoms with Gasteiger partial charge >= 0.3 is 0 Å². The summed E-state index contributed by atoms with van der Waals surface area (Å²) < 4.78 is 0. The van der Waals surface area contributed by atoms with E-state index in [2.05, 4.69) is 10.6 Å². The Morgan fingerprint density at radius 2 is 1.82 bits per heavy atom. The SMILES string of the molecule is O=C(CCCNC(=O)c1cccc2ccccc12)NC1CC1. The first kappa shape index (κ1) is 14.6. The third-order valence-corrected chi connectivity index (χ3v) is 3.84. The molecule has 1 aliphatic rings. The van der Waals surface area contributed by atoms with Gasteiger partial charge in [-0.1, -0.05) is 36.4 Å². The molecule has 2 amide bonds. The molecule has 0 unspecified atom stereocenters. The van der Waals surface area contributed by atoms with E-state index in [1.807, 2.05) is 42.5 Å². The number of amides is 2. The molecule has 0 bridgehead atoms. The molecule has 0 spiro atoms. The van der Waals surface area contributed by atoms with Crippen molar-refractivity contribution in [1.29, 1.82) is 0 Å². The topological polar surface area (TPSA) is 58.2 Å². The van der Waals surface area contributed by atoms with Crippen LogP contribution in [-0.4, -0.2) is 24.4 Å². The molecule has 1 fully saturated rings. The Morgan fingerprint density at radius 1 is 1.05 bits per heavy atom. The number of carbonyl (C=O) groups is 2. The van der Waals surface area contributed by atoms with Crippen LogP contribution in [0, 0.1) is 0 Å². The van der Waals surface area contributed by atoms with E-state index in [9.17, 15) is 9.59 Å². The maximum Gasteiger partial charge on any atom is 0.251 e. The number of rotatable bonds is 6. The van der Waals surface area contributed by atoms with Crippen LogP contribution in [0.15, 0.2) is 42.5 Å². The Balaban J connectivity index is 1.51. The highest BCUT2D eigenvalue weighted by atomic mass is 16.2. The molecule has 22 heavy (non-hydrogen) atoms. The maximum atomic E-state index is 12.3. The van der Waals surface area contributed by atoms with Crippen LogP contribution in [0.3, 0.4) is 0 Å². The number of fused-ring (bicyclic) bond motifs is 1. The molecule has 4 heteroatoms. The van der Waals surface area contributed by atoms with Crippen molar-refractivity contribution in [2.75, 3.05) is 6.54 Å². The molecule has 0 aliphatic heterocycles. The number of hydrogen-bond acceptors (Lipinski definition) is 2. The normalized spacial score (nSPS) is 13.8. The molecule has 1 aliphatic carbocycles. The van der Waals surface area contributed by atoms with E-state index in [0.29, 0.717) is 31.0 Å². The Kier molecular flexibility index (Phi) is 4.37. The van der Waals surface area contributed by atoms with Crippen molar-refractivity contribution >= 4 is 22.6 Å². The Bertz CT molecular complexity index is 687. The summed E-state index contributed by atoms with van der Waals surface area (Å²) in [5.74, 6) is 0.00121. The van der Waals surface area contributed by atoms with Crippen molar-refractivity contribution in [2.45, 2.75) is 31.7 Å². The summed E-state index contributed by atoms with van der Waals surface area (Å²) in [5, 5.41) is 7.85. The molecule has 2 aromatic carbocycles. The van der Waals surface area contributed by atoms with Crippen LogP contribution < -0.4 is 10.6 Å². The van der Waals surface area contributed by atoms with Crippen LogP contribution in [0.25, 0.3) is 10.8 Å². The smallest absolute Gasteiger partial charge is 0.251 e. The molecule has 2 aromatic rings. The summed E-state index contributed by atoms with van der Waals surface area (Å²) in [6.07, 6.45) is 3.33. The fourth-order valence-corrected chi connectivity index (χ4v) is 2.50. The lowest BCUT2D eigenvalue weighted by Gasteiger charge is -2.08. The summed E-state index contributed by atoms with van der Waals surface area (Å²) in [6, 6.07) is 14.0. The molecule has 0 aromatic heterocycles. The van der Waals surface area contributed by atoms with Crippen molar-refractivity contribution in [3.63, 3.8) is 0 Å². The molecule has 4 nitrogen and oxygen atoms in total. The van der Waals surface area contributed by atoms with Crippen molar-refractivity contribution < 1.29 is 9.59 Å². The molecule has 2 N–H and O–H groups in total. The van der Waals surface area contributed by atoms with Crippen LogP contribution in [-0.2, 0) is 4.79 Å². The van der Waals surface area contributed by atoms with Gasteiger partial charge in [0.2, 0.25) is 5.91 Å². The quantitative estimate of drug-likeness (QED) is 0.805. The van der Waals surface area contributed by atoms with Gasteiger partial charge in [0.25, 0.3) is 5.91 Å². The number of nitrogens with one attached hydrogen (secondary N) is 2. The van der Waals surface area contributed by atoms with Gasteiger partial charge in [0.15, 0.2) is 0 Å². The van der Waals surface area contributed by atoms with Gasteiger partial charge in [-0.3, -0.25) is 9.59 Å². The van der Waals surface area contributed by atoms with Gasteiger partial charge in [-0.05, 0) is 36.1 Å². The fraction of sp³-hybridized carbons (Fsp3) is 0.333. The van der Waals surface area contributed by atoms with Crippen LogP contribution in [0.5, 0.6) is 0 Å². The Morgan fingerprint density at radius 3 is 2.64 bits per heavy atom. The molecular formula is C18H20N2O2. The summed E-state index contributed by atoms with van der Waals surface area (Å²) in [7, 11) is 0. The standard InChI is InChI=1S/C18H20N2O2/c21-17(20-14-10-11-14)9-4-12-19-18(22)16-8-3-6-13-5-1-2-7-15(13)16/h1-3,5-8,14H,4,9-12H2,(H,19,22)(H,20,21). The highest BCUT2D eigenvalue weighted by Gasteiger charge is 2.22. The number of benzene rings is 2. The van der Waals surface area contributed by atoms with Gasteiger partial charge in [0, 0.05) is 24.6 Å². The van der Waals surface area contributed by atoms with E-state index in [0.717, 1.165) is 23.6 Å². The lowest BCUT2D eigenvalue weighted by Crippen LogP contribution is -2.28. The minimum atomic E-state index is -0.0839. The Hall–Kier alpha value is -2.36. The monoisotopic (exact) mass is 296 g/mol. The Labute approximate surface area is 129 Å². The summed E-state index contributed by atoms with van der Waals surface area (Å²) in [5.41, 5.74) is 0.681. The van der Waals surface area contributed by atoms with Crippen molar-refractivity contribution in [2.24, 2.45) is 0 Å². The highest BCUT2D eigenvalue weighted by Crippen LogP contribution is 2.19. The van der Waals surface area contributed by atoms with Crippen molar-refractivity contribution in [3.8, 4) is 0 Å². The first-order valence-electron chi connectivity index (χ1n) is 7.79. The zero-order valence-electron chi connectivity index (χ0n) is 12.5. The van der Waals surface area contributed by atoms with E-state index in [1.165, 1.54) is 0 Å². The first-order valence-corrected chi connectivity index (χ1v) is 7.79. The molecule has 1 saturated carbocycles. The first-order chi connectivity index (χ1) is 10.7. The second-order valence-corrected chi connectivity index (χ2v) is 5.73. The van der Waals surface area contributed by atoms with Gasteiger partial charge in [-0.25, -0.2) is 0 Å². The molecular weight excluding hydrogens is 276 g/mol. The van der Waals surface area contributed by atoms with Crippen LogP contribution >= 0.6 is 0 Å². The number of hydrogen-bond donors (Lipinski definition) is 2. The molecule has 114 valence electrons. The van der Waals surface area contributed by atoms with E-state index in [-0.39, 0.29) is 11.8 Å². The third kappa shape index (κ3) is 3.64.